The van der Waals surface area contributed by atoms with Gasteiger partial charge in [0.2, 0.25) is 5.91 Å². The lowest BCUT2D eigenvalue weighted by Crippen LogP contribution is -2.46. The van der Waals surface area contributed by atoms with Gasteiger partial charge >= 0.3 is 0 Å². The van der Waals surface area contributed by atoms with Gasteiger partial charge in [0.15, 0.2) is 0 Å². The van der Waals surface area contributed by atoms with Gasteiger partial charge in [0.1, 0.15) is 0 Å². The van der Waals surface area contributed by atoms with E-state index in [1.54, 1.807) is 0 Å². The third-order valence-electron chi connectivity index (χ3n) is 3.56. The van der Waals surface area contributed by atoms with Crippen molar-refractivity contribution in [1.82, 2.24) is 10.2 Å². The number of carbonyl (C=O) groups is 1. The van der Waals surface area contributed by atoms with Crippen molar-refractivity contribution >= 4 is 5.91 Å². The van der Waals surface area contributed by atoms with E-state index in [0.717, 1.165) is 12.5 Å². The Hall–Kier alpha value is -0.570. The minimum Gasteiger partial charge on any atom is -0.339 e. The van der Waals surface area contributed by atoms with Crippen molar-refractivity contribution in [2.45, 2.75) is 51.6 Å². The summed E-state index contributed by atoms with van der Waals surface area (Å²) in [7, 11) is 0. The fourth-order valence-electron chi connectivity index (χ4n) is 2.43. The predicted octanol–water partition coefficient (Wildman–Crippen LogP) is 1.39. The molecule has 0 aliphatic heterocycles. The van der Waals surface area contributed by atoms with E-state index >= 15 is 0 Å². The second kappa shape index (κ2) is 4.52. The van der Waals surface area contributed by atoms with Crippen LogP contribution in [0.15, 0.2) is 0 Å². The van der Waals surface area contributed by atoms with Gasteiger partial charge in [-0.3, -0.25) is 4.79 Å². The van der Waals surface area contributed by atoms with Gasteiger partial charge in [-0.15, -0.1) is 0 Å². The molecule has 15 heavy (non-hydrogen) atoms. The molecular weight excluding hydrogens is 188 g/mol. The Kier molecular flexibility index (Phi) is 3.29. The molecule has 0 spiro atoms. The summed E-state index contributed by atoms with van der Waals surface area (Å²) in [5.74, 6) is 1.14. The highest BCUT2D eigenvalue weighted by Gasteiger charge is 2.32. The molecule has 1 amide bonds. The van der Waals surface area contributed by atoms with Gasteiger partial charge in [-0.25, -0.2) is 0 Å². The van der Waals surface area contributed by atoms with Gasteiger partial charge in [-0.1, -0.05) is 6.92 Å². The molecule has 3 heteroatoms. The molecule has 0 unspecified atom stereocenters. The number of hydrogen-bond donors (Lipinski definition) is 1. The molecule has 1 N–H and O–H groups in total. The van der Waals surface area contributed by atoms with Crippen LogP contribution in [0.4, 0.5) is 0 Å². The fourth-order valence-corrected chi connectivity index (χ4v) is 2.43. The van der Waals surface area contributed by atoms with Gasteiger partial charge in [0.25, 0.3) is 0 Å². The van der Waals surface area contributed by atoms with Gasteiger partial charge in [0, 0.05) is 18.6 Å². The van der Waals surface area contributed by atoms with E-state index in [9.17, 15) is 4.79 Å². The Labute approximate surface area is 92.2 Å². The Balaban J connectivity index is 1.67. The standard InChI is InChI=1S/C12H22N2O/c1-3-14(11-4-5-11)12(15)8-13-10-6-9(2)7-10/h9-11,13H,3-8H2,1-2H3. The van der Waals surface area contributed by atoms with Gasteiger partial charge in [0.05, 0.1) is 6.54 Å². The fraction of sp³-hybridized carbons (Fsp3) is 0.917. The van der Waals surface area contributed by atoms with Crippen molar-refractivity contribution < 1.29 is 4.79 Å². The highest BCUT2D eigenvalue weighted by molar-refractivity contribution is 5.78. The van der Waals surface area contributed by atoms with Crippen LogP contribution in [0.3, 0.4) is 0 Å². The van der Waals surface area contributed by atoms with E-state index in [2.05, 4.69) is 19.2 Å². The van der Waals surface area contributed by atoms with Crippen LogP contribution in [0.5, 0.6) is 0 Å². The number of hydrogen-bond acceptors (Lipinski definition) is 2. The predicted molar refractivity (Wildman–Crippen MR) is 60.6 cm³/mol. The molecule has 0 bridgehead atoms. The van der Waals surface area contributed by atoms with Crippen LogP contribution in [0.25, 0.3) is 0 Å². The minimum atomic E-state index is 0.291. The Morgan fingerprint density at radius 3 is 2.53 bits per heavy atom. The number of rotatable bonds is 5. The zero-order valence-electron chi connectivity index (χ0n) is 9.83. The van der Waals surface area contributed by atoms with E-state index in [4.69, 9.17) is 0 Å². The molecule has 86 valence electrons. The number of carbonyl (C=O) groups excluding carboxylic acids is 1. The monoisotopic (exact) mass is 210 g/mol. The van der Waals surface area contributed by atoms with E-state index < -0.39 is 0 Å². The number of likely N-dealkylation sites (N-methyl/N-ethyl adjacent to an activating group) is 1. The molecular formula is C12H22N2O. The molecule has 0 aromatic rings. The molecule has 0 aromatic carbocycles. The number of amides is 1. The summed E-state index contributed by atoms with van der Waals surface area (Å²) < 4.78 is 0. The summed E-state index contributed by atoms with van der Waals surface area (Å²) in [6, 6.07) is 1.16. The zero-order valence-corrected chi connectivity index (χ0v) is 9.83. The first kappa shape index (κ1) is 10.9. The van der Waals surface area contributed by atoms with Crippen LogP contribution < -0.4 is 5.32 Å². The second-order valence-electron chi connectivity index (χ2n) is 5.07. The molecule has 2 aliphatic rings. The van der Waals surface area contributed by atoms with Gasteiger partial charge in [-0.2, -0.15) is 0 Å². The highest BCUT2D eigenvalue weighted by Crippen LogP contribution is 2.27. The van der Waals surface area contributed by atoms with Crippen molar-refractivity contribution in [3.63, 3.8) is 0 Å². The van der Waals surface area contributed by atoms with Crippen LogP contribution >= 0.6 is 0 Å². The highest BCUT2D eigenvalue weighted by atomic mass is 16.2. The Morgan fingerprint density at radius 1 is 1.40 bits per heavy atom. The van der Waals surface area contributed by atoms with Crippen LogP contribution in [0, 0.1) is 5.92 Å². The van der Waals surface area contributed by atoms with Crippen molar-refractivity contribution in [2.75, 3.05) is 13.1 Å². The third-order valence-corrected chi connectivity index (χ3v) is 3.56. The Morgan fingerprint density at radius 2 is 2.07 bits per heavy atom. The molecule has 3 nitrogen and oxygen atoms in total. The second-order valence-corrected chi connectivity index (χ2v) is 5.07. The average Bonchev–Trinajstić information content (AvgIpc) is 2.96. The summed E-state index contributed by atoms with van der Waals surface area (Å²) in [4.78, 5) is 13.9. The number of nitrogens with zero attached hydrogens (tertiary/aromatic N) is 1. The summed E-state index contributed by atoms with van der Waals surface area (Å²) in [6.45, 7) is 5.75. The van der Waals surface area contributed by atoms with E-state index in [-0.39, 0.29) is 0 Å². The molecule has 2 fully saturated rings. The molecule has 2 aliphatic carbocycles. The smallest absolute Gasteiger partial charge is 0.236 e. The maximum atomic E-state index is 11.8. The van der Waals surface area contributed by atoms with E-state index in [0.29, 0.717) is 24.5 Å². The van der Waals surface area contributed by atoms with Gasteiger partial charge in [-0.05, 0) is 38.5 Å². The van der Waals surface area contributed by atoms with Crippen LogP contribution in [0.1, 0.15) is 39.5 Å². The first-order chi connectivity index (χ1) is 7.20. The first-order valence-corrected chi connectivity index (χ1v) is 6.23. The van der Waals surface area contributed by atoms with Crippen LogP contribution in [-0.4, -0.2) is 36.0 Å². The summed E-state index contributed by atoms with van der Waals surface area (Å²) in [5, 5.41) is 3.36. The lowest BCUT2D eigenvalue weighted by atomic mass is 9.82. The first-order valence-electron chi connectivity index (χ1n) is 6.23. The lowest BCUT2D eigenvalue weighted by molar-refractivity contribution is -0.130. The lowest BCUT2D eigenvalue weighted by Gasteiger charge is -2.34. The topological polar surface area (TPSA) is 32.3 Å². The molecule has 0 atom stereocenters. The molecule has 0 radical (unpaired) electrons. The third kappa shape index (κ3) is 2.71. The normalized spacial score (nSPS) is 29.7. The number of nitrogens with one attached hydrogen (secondary N) is 1. The van der Waals surface area contributed by atoms with Crippen molar-refractivity contribution in [3.8, 4) is 0 Å². The van der Waals surface area contributed by atoms with E-state index in [1.807, 2.05) is 4.90 Å². The largest absolute Gasteiger partial charge is 0.339 e. The maximum absolute atomic E-state index is 11.8. The van der Waals surface area contributed by atoms with Crippen molar-refractivity contribution in [3.05, 3.63) is 0 Å². The summed E-state index contributed by atoms with van der Waals surface area (Å²) in [6.07, 6.45) is 4.89. The molecule has 0 aromatic heterocycles. The summed E-state index contributed by atoms with van der Waals surface area (Å²) >= 11 is 0. The molecule has 2 rings (SSSR count). The van der Waals surface area contributed by atoms with Gasteiger partial charge < -0.3 is 10.2 Å². The van der Waals surface area contributed by atoms with E-state index in [1.165, 1.54) is 25.7 Å². The molecule has 0 heterocycles. The molecule has 0 saturated heterocycles. The van der Waals surface area contributed by atoms with Crippen molar-refractivity contribution in [1.29, 1.82) is 0 Å². The van der Waals surface area contributed by atoms with Crippen LogP contribution in [-0.2, 0) is 4.79 Å². The quantitative estimate of drug-likeness (QED) is 0.743. The summed E-state index contributed by atoms with van der Waals surface area (Å²) in [5.41, 5.74) is 0. The van der Waals surface area contributed by atoms with Crippen LogP contribution in [0.2, 0.25) is 0 Å². The van der Waals surface area contributed by atoms with Crippen molar-refractivity contribution in [2.24, 2.45) is 5.92 Å². The average molecular weight is 210 g/mol. The maximum Gasteiger partial charge on any atom is 0.236 e. The SMILES string of the molecule is CCN(C(=O)CNC1CC(C)C1)C1CC1. The Bertz CT molecular complexity index is 232. The minimum absolute atomic E-state index is 0.291. The molecule has 2 saturated carbocycles. The zero-order chi connectivity index (χ0) is 10.8.